The summed E-state index contributed by atoms with van der Waals surface area (Å²) in [7, 11) is 1.46. The smallest absolute Gasteiger partial charge is 0.321 e. The Morgan fingerprint density at radius 2 is 1.96 bits per heavy atom. The fourth-order valence-electron chi connectivity index (χ4n) is 2.10. The first-order chi connectivity index (χ1) is 12.0. The zero-order valence-electron chi connectivity index (χ0n) is 14.2. The van der Waals surface area contributed by atoms with E-state index in [4.69, 9.17) is 11.6 Å². The van der Waals surface area contributed by atoms with Crippen LogP contribution in [-0.2, 0) is 11.3 Å². The number of thioether (sulfide) groups is 1. The number of aromatic nitrogens is 3. The van der Waals surface area contributed by atoms with Crippen LogP contribution in [0.1, 0.15) is 20.3 Å². The molecule has 1 aromatic carbocycles. The Balaban J connectivity index is 2.22. The van der Waals surface area contributed by atoms with E-state index in [2.05, 4.69) is 27.8 Å². The number of amides is 3. The molecule has 7 nitrogen and oxygen atoms in total. The number of halogens is 1. The van der Waals surface area contributed by atoms with E-state index < -0.39 is 11.3 Å². The van der Waals surface area contributed by atoms with Crippen molar-refractivity contribution in [3.63, 3.8) is 0 Å². The van der Waals surface area contributed by atoms with Gasteiger partial charge >= 0.3 is 6.03 Å². The average molecular weight is 382 g/mol. The highest BCUT2D eigenvalue weighted by molar-refractivity contribution is 8.00. The van der Waals surface area contributed by atoms with Gasteiger partial charge in [0, 0.05) is 24.2 Å². The summed E-state index contributed by atoms with van der Waals surface area (Å²) < 4.78 is 1.97. The van der Waals surface area contributed by atoms with E-state index >= 15 is 0 Å². The van der Waals surface area contributed by atoms with E-state index in [1.165, 1.54) is 18.8 Å². The van der Waals surface area contributed by atoms with Crippen molar-refractivity contribution in [2.24, 2.45) is 0 Å². The van der Waals surface area contributed by atoms with Gasteiger partial charge in [0.15, 0.2) is 11.0 Å². The maximum Gasteiger partial charge on any atom is 0.321 e. The average Bonchev–Trinajstić information content (AvgIpc) is 2.98. The topological polar surface area (TPSA) is 88.9 Å². The van der Waals surface area contributed by atoms with Crippen LogP contribution >= 0.6 is 23.4 Å². The predicted molar refractivity (Wildman–Crippen MR) is 98.7 cm³/mol. The molecule has 0 radical (unpaired) electrons. The largest absolute Gasteiger partial charge is 0.341 e. The predicted octanol–water partition coefficient (Wildman–Crippen LogP) is 2.94. The van der Waals surface area contributed by atoms with Gasteiger partial charge in [-0.25, -0.2) is 4.79 Å². The number of hydrogen-bond acceptors (Lipinski definition) is 5. The van der Waals surface area contributed by atoms with Crippen LogP contribution in [0, 0.1) is 0 Å². The first-order valence-electron chi connectivity index (χ1n) is 7.84. The summed E-state index contributed by atoms with van der Waals surface area (Å²) in [5, 5.41) is 13.9. The van der Waals surface area contributed by atoms with Crippen molar-refractivity contribution in [3.05, 3.63) is 29.3 Å². The molecule has 25 heavy (non-hydrogen) atoms. The zero-order valence-corrected chi connectivity index (χ0v) is 15.8. The molecule has 0 saturated heterocycles. The zero-order chi connectivity index (χ0) is 18.4. The van der Waals surface area contributed by atoms with E-state index in [9.17, 15) is 9.59 Å². The van der Waals surface area contributed by atoms with Crippen molar-refractivity contribution < 1.29 is 9.59 Å². The molecule has 134 valence electrons. The molecule has 0 unspecified atom stereocenters. The Kier molecular flexibility index (Phi) is 6.83. The summed E-state index contributed by atoms with van der Waals surface area (Å²) in [4.78, 5) is 23.3. The Morgan fingerprint density at radius 3 is 2.56 bits per heavy atom. The normalized spacial score (nSPS) is 11.8. The molecule has 1 aromatic heterocycles. The van der Waals surface area contributed by atoms with Crippen molar-refractivity contribution in [2.75, 3.05) is 7.05 Å². The van der Waals surface area contributed by atoms with Crippen molar-refractivity contribution in [2.45, 2.75) is 37.2 Å². The minimum Gasteiger partial charge on any atom is -0.341 e. The highest BCUT2D eigenvalue weighted by Crippen LogP contribution is 2.27. The highest BCUT2D eigenvalue weighted by atomic mass is 35.5. The number of hydrogen-bond donors (Lipinski definition) is 2. The van der Waals surface area contributed by atoms with E-state index in [-0.39, 0.29) is 5.91 Å². The van der Waals surface area contributed by atoms with Crippen LogP contribution in [0.15, 0.2) is 29.4 Å². The molecule has 1 atom stereocenters. The van der Waals surface area contributed by atoms with Crippen LogP contribution in [0.2, 0.25) is 5.02 Å². The van der Waals surface area contributed by atoms with Crippen LogP contribution in [0.5, 0.6) is 0 Å². The molecule has 2 aromatic rings. The maximum atomic E-state index is 12.0. The van der Waals surface area contributed by atoms with Crippen molar-refractivity contribution in [1.29, 1.82) is 0 Å². The fourth-order valence-corrected chi connectivity index (χ4v) is 3.10. The number of benzene rings is 1. The van der Waals surface area contributed by atoms with Gasteiger partial charge in [-0.15, -0.1) is 10.2 Å². The number of carbonyl (C=O) groups excluding carboxylic acids is 2. The van der Waals surface area contributed by atoms with Crippen LogP contribution in [0.4, 0.5) is 4.79 Å². The van der Waals surface area contributed by atoms with Crippen molar-refractivity contribution in [3.8, 4) is 11.4 Å². The molecular formula is C16H20ClN5O2S. The van der Waals surface area contributed by atoms with Gasteiger partial charge in [-0.3, -0.25) is 10.1 Å². The second kappa shape index (κ2) is 8.87. The Bertz CT molecular complexity index is 747. The van der Waals surface area contributed by atoms with E-state index in [0.29, 0.717) is 10.2 Å². The summed E-state index contributed by atoms with van der Waals surface area (Å²) in [6.45, 7) is 4.49. The molecule has 0 fully saturated rings. The summed E-state index contributed by atoms with van der Waals surface area (Å²) in [6.07, 6.45) is 0.894. The van der Waals surface area contributed by atoms with Gasteiger partial charge in [-0.05, 0) is 37.6 Å². The SMILES string of the molecule is CCCn1c(S[C@H](C)C(=O)NC(=O)NC)nnc1-c1ccc(Cl)cc1. The first kappa shape index (κ1) is 19.3. The Labute approximate surface area is 155 Å². The van der Waals surface area contributed by atoms with E-state index in [1.807, 2.05) is 16.7 Å². The Morgan fingerprint density at radius 1 is 1.28 bits per heavy atom. The lowest BCUT2D eigenvalue weighted by Gasteiger charge is -2.12. The van der Waals surface area contributed by atoms with Crippen LogP contribution < -0.4 is 10.6 Å². The van der Waals surface area contributed by atoms with Gasteiger partial charge in [0.05, 0.1) is 5.25 Å². The number of carbonyl (C=O) groups is 2. The highest BCUT2D eigenvalue weighted by Gasteiger charge is 2.21. The third-order valence-electron chi connectivity index (χ3n) is 3.38. The standard InChI is InChI=1S/C16H20ClN5O2S/c1-4-9-22-13(11-5-7-12(17)8-6-11)20-21-16(22)25-10(2)14(23)19-15(24)18-3/h5-8,10H,4,9H2,1-3H3,(H2,18,19,23,24)/t10-/m1/s1. The molecule has 2 N–H and O–H groups in total. The van der Waals surface area contributed by atoms with Crippen LogP contribution in [0.3, 0.4) is 0 Å². The molecule has 0 bridgehead atoms. The third kappa shape index (κ3) is 4.96. The molecule has 0 aliphatic rings. The molecule has 9 heteroatoms. The number of nitrogens with zero attached hydrogens (tertiary/aromatic N) is 3. The number of imide groups is 1. The minimum atomic E-state index is -0.533. The molecule has 2 rings (SSSR count). The first-order valence-corrected chi connectivity index (χ1v) is 9.10. The monoisotopic (exact) mass is 381 g/mol. The summed E-state index contributed by atoms with van der Waals surface area (Å²) in [6, 6.07) is 6.83. The second-order valence-electron chi connectivity index (χ2n) is 5.29. The van der Waals surface area contributed by atoms with E-state index in [1.54, 1.807) is 19.1 Å². The molecule has 1 heterocycles. The lowest BCUT2D eigenvalue weighted by Crippen LogP contribution is -2.41. The van der Waals surface area contributed by atoms with Gasteiger partial charge in [0.2, 0.25) is 5.91 Å². The summed E-state index contributed by atoms with van der Waals surface area (Å²) in [5.74, 6) is 0.336. The quantitative estimate of drug-likeness (QED) is 0.751. The molecule has 0 aliphatic carbocycles. The molecule has 3 amide bonds. The van der Waals surface area contributed by atoms with Crippen molar-refractivity contribution >= 4 is 35.3 Å². The van der Waals surface area contributed by atoms with Crippen LogP contribution in [-0.4, -0.2) is 39.0 Å². The Hall–Kier alpha value is -2.06. The fraction of sp³-hybridized carbons (Fsp3) is 0.375. The van der Waals surface area contributed by atoms with E-state index in [0.717, 1.165) is 24.4 Å². The molecule has 0 saturated carbocycles. The summed E-state index contributed by atoms with van der Waals surface area (Å²) >= 11 is 7.20. The lowest BCUT2D eigenvalue weighted by atomic mass is 10.2. The summed E-state index contributed by atoms with van der Waals surface area (Å²) in [5.41, 5.74) is 0.902. The van der Waals surface area contributed by atoms with Gasteiger partial charge in [-0.1, -0.05) is 30.3 Å². The third-order valence-corrected chi connectivity index (χ3v) is 4.71. The number of nitrogens with one attached hydrogen (secondary N) is 2. The number of rotatable bonds is 6. The molecule has 0 aliphatic heterocycles. The van der Waals surface area contributed by atoms with Gasteiger partial charge in [-0.2, -0.15) is 0 Å². The molecule has 0 spiro atoms. The minimum absolute atomic E-state index is 0.386. The van der Waals surface area contributed by atoms with Gasteiger partial charge in [0.1, 0.15) is 0 Å². The van der Waals surface area contributed by atoms with Gasteiger partial charge in [0.25, 0.3) is 0 Å². The maximum absolute atomic E-state index is 12.0. The lowest BCUT2D eigenvalue weighted by molar-refractivity contribution is -0.119. The number of urea groups is 1. The van der Waals surface area contributed by atoms with Crippen molar-refractivity contribution in [1.82, 2.24) is 25.4 Å². The second-order valence-corrected chi connectivity index (χ2v) is 7.04. The van der Waals surface area contributed by atoms with Gasteiger partial charge < -0.3 is 9.88 Å². The molecular weight excluding hydrogens is 362 g/mol. The van der Waals surface area contributed by atoms with Crippen LogP contribution in [0.25, 0.3) is 11.4 Å².